The minimum atomic E-state index is -0.635. The van der Waals surface area contributed by atoms with Gasteiger partial charge in [-0.2, -0.15) is 0 Å². The second kappa shape index (κ2) is 5.95. The first-order valence-electron chi connectivity index (χ1n) is 8.90. The molecule has 3 aliphatic rings. The van der Waals surface area contributed by atoms with Crippen molar-refractivity contribution >= 4 is 0 Å². The average Bonchev–Trinajstić information content (AvgIpc) is 3.11. The van der Waals surface area contributed by atoms with Crippen molar-refractivity contribution in [3.63, 3.8) is 0 Å². The fourth-order valence-electron chi connectivity index (χ4n) is 4.76. The van der Waals surface area contributed by atoms with Crippen LogP contribution in [-0.2, 0) is 9.47 Å². The van der Waals surface area contributed by atoms with Crippen molar-refractivity contribution in [1.29, 1.82) is 0 Å². The molecule has 1 heterocycles. The summed E-state index contributed by atoms with van der Waals surface area (Å²) in [6.07, 6.45) is 4.46. The Balaban J connectivity index is 1.44. The normalized spacial score (nSPS) is 35.3. The summed E-state index contributed by atoms with van der Waals surface area (Å²) in [6.45, 7) is 5.38. The maximum atomic E-state index is 10.6. The number of aliphatic hydroxyl groups is 2. The lowest BCUT2D eigenvalue weighted by Gasteiger charge is -2.48. The molecule has 1 aromatic rings. The van der Waals surface area contributed by atoms with Crippen LogP contribution in [0.2, 0.25) is 0 Å². The molecular weight excluding hydrogens is 304 g/mol. The van der Waals surface area contributed by atoms with Gasteiger partial charge in [-0.1, -0.05) is 35.9 Å². The van der Waals surface area contributed by atoms with Gasteiger partial charge in [-0.05, 0) is 37.3 Å². The first kappa shape index (κ1) is 16.3. The summed E-state index contributed by atoms with van der Waals surface area (Å²) in [5, 5.41) is 21.0. The first-order chi connectivity index (χ1) is 11.5. The van der Waals surface area contributed by atoms with Crippen LogP contribution in [0.5, 0.6) is 0 Å². The molecule has 130 valence electrons. The number of hydrogen-bond acceptors (Lipinski definition) is 4. The Morgan fingerprint density at radius 3 is 2.71 bits per heavy atom. The molecule has 0 radical (unpaired) electrons. The number of ether oxygens (including phenoxy) is 2. The Morgan fingerprint density at radius 1 is 1.25 bits per heavy atom. The lowest BCUT2D eigenvalue weighted by Crippen LogP contribution is -2.54. The Morgan fingerprint density at radius 2 is 2.00 bits per heavy atom. The SMILES string of the molecule is Cc1ccc(C(O)C=CC2CC3C(CC34OCCO4)C2O)c(C)c1. The topological polar surface area (TPSA) is 58.9 Å². The molecular formula is C20H26O4. The molecule has 1 aromatic carbocycles. The highest BCUT2D eigenvalue weighted by Crippen LogP contribution is 2.59. The molecule has 4 heteroatoms. The molecule has 24 heavy (non-hydrogen) atoms. The maximum absolute atomic E-state index is 10.6. The molecule has 2 N–H and O–H groups in total. The molecule has 0 bridgehead atoms. The van der Waals surface area contributed by atoms with Gasteiger partial charge in [0.1, 0.15) is 0 Å². The van der Waals surface area contributed by atoms with Crippen LogP contribution in [0.4, 0.5) is 0 Å². The first-order valence-corrected chi connectivity index (χ1v) is 8.90. The summed E-state index contributed by atoms with van der Waals surface area (Å²) < 4.78 is 11.6. The van der Waals surface area contributed by atoms with Crippen molar-refractivity contribution in [2.24, 2.45) is 17.8 Å². The summed E-state index contributed by atoms with van der Waals surface area (Å²) >= 11 is 0. The number of aryl methyl sites for hydroxylation is 2. The van der Waals surface area contributed by atoms with E-state index >= 15 is 0 Å². The van der Waals surface area contributed by atoms with Crippen LogP contribution >= 0.6 is 0 Å². The van der Waals surface area contributed by atoms with Crippen LogP contribution in [0.3, 0.4) is 0 Å². The van der Waals surface area contributed by atoms with Crippen LogP contribution in [0, 0.1) is 31.6 Å². The van der Waals surface area contributed by atoms with E-state index in [2.05, 4.69) is 6.07 Å². The zero-order valence-electron chi connectivity index (χ0n) is 14.3. The van der Waals surface area contributed by atoms with Crippen LogP contribution in [0.15, 0.2) is 30.4 Å². The molecule has 1 spiro atoms. The second-order valence-electron chi connectivity index (χ2n) is 7.56. The summed E-state index contributed by atoms with van der Waals surface area (Å²) in [7, 11) is 0. The van der Waals surface area contributed by atoms with Crippen LogP contribution in [0.25, 0.3) is 0 Å². The lowest BCUT2D eigenvalue weighted by atomic mass is 9.69. The molecule has 4 rings (SSSR count). The fraction of sp³-hybridized carbons (Fsp3) is 0.600. The number of rotatable bonds is 3. The van der Waals surface area contributed by atoms with E-state index in [0.717, 1.165) is 24.0 Å². The van der Waals surface area contributed by atoms with Crippen molar-refractivity contribution in [2.75, 3.05) is 13.2 Å². The van der Waals surface area contributed by atoms with E-state index in [4.69, 9.17) is 9.47 Å². The Kier molecular flexibility index (Phi) is 4.04. The Hall–Kier alpha value is -1.20. The maximum Gasteiger partial charge on any atom is 0.172 e. The van der Waals surface area contributed by atoms with E-state index in [0.29, 0.717) is 13.2 Å². The number of hydrogen-bond donors (Lipinski definition) is 2. The summed E-state index contributed by atoms with van der Waals surface area (Å²) in [5.74, 6) is 0.173. The number of fused-ring (bicyclic) bond motifs is 2. The van der Waals surface area contributed by atoms with E-state index < -0.39 is 11.9 Å². The highest BCUT2D eigenvalue weighted by Gasteiger charge is 2.64. The fourth-order valence-corrected chi connectivity index (χ4v) is 4.76. The molecule has 5 unspecified atom stereocenters. The van der Waals surface area contributed by atoms with Crippen molar-refractivity contribution in [2.45, 2.75) is 44.7 Å². The Labute approximate surface area is 143 Å². The van der Waals surface area contributed by atoms with E-state index in [1.807, 2.05) is 38.1 Å². The van der Waals surface area contributed by atoms with Crippen molar-refractivity contribution < 1.29 is 19.7 Å². The summed E-state index contributed by atoms with van der Waals surface area (Å²) in [5.41, 5.74) is 3.20. The second-order valence-corrected chi connectivity index (χ2v) is 7.56. The smallest absolute Gasteiger partial charge is 0.172 e. The standard InChI is InChI=1S/C20H26O4/c1-12-3-5-15(13(2)9-12)18(21)6-4-14-10-17-16(19(14)22)11-20(17)23-7-8-24-20/h3-6,9,14,16-19,21-22H,7-8,10-11H2,1-2H3. The average molecular weight is 330 g/mol. The highest BCUT2D eigenvalue weighted by atomic mass is 16.7. The van der Waals surface area contributed by atoms with Crippen LogP contribution in [-0.4, -0.2) is 35.3 Å². The van der Waals surface area contributed by atoms with Gasteiger partial charge in [-0.25, -0.2) is 0 Å². The van der Waals surface area contributed by atoms with Gasteiger partial charge in [0.25, 0.3) is 0 Å². The zero-order chi connectivity index (χ0) is 16.9. The summed E-state index contributed by atoms with van der Waals surface area (Å²) in [4.78, 5) is 0. The van der Waals surface area contributed by atoms with Crippen molar-refractivity contribution in [3.8, 4) is 0 Å². The molecule has 5 atom stereocenters. The van der Waals surface area contributed by atoms with E-state index in [1.54, 1.807) is 0 Å². The van der Waals surface area contributed by atoms with Gasteiger partial charge in [0.05, 0.1) is 25.4 Å². The van der Waals surface area contributed by atoms with E-state index in [-0.39, 0.29) is 23.9 Å². The quantitative estimate of drug-likeness (QED) is 0.837. The molecule has 2 aliphatic carbocycles. The van der Waals surface area contributed by atoms with E-state index in [1.165, 1.54) is 5.56 Å². The number of benzene rings is 1. The summed E-state index contributed by atoms with van der Waals surface area (Å²) in [6, 6.07) is 6.07. The minimum Gasteiger partial charge on any atom is -0.392 e. The van der Waals surface area contributed by atoms with Crippen molar-refractivity contribution in [3.05, 3.63) is 47.0 Å². The van der Waals surface area contributed by atoms with Gasteiger partial charge >= 0.3 is 0 Å². The molecule has 0 amide bonds. The monoisotopic (exact) mass is 330 g/mol. The van der Waals surface area contributed by atoms with Gasteiger partial charge in [-0.15, -0.1) is 0 Å². The molecule has 3 fully saturated rings. The third kappa shape index (κ3) is 2.53. The third-order valence-electron chi connectivity index (χ3n) is 6.07. The number of aliphatic hydroxyl groups excluding tert-OH is 2. The van der Waals surface area contributed by atoms with E-state index in [9.17, 15) is 10.2 Å². The molecule has 1 aliphatic heterocycles. The van der Waals surface area contributed by atoms with Crippen LogP contribution in [0.1, 0.15) is 35.6 Å². The molecule has 2 saturated carbocycles. The third-order valence-corrected chi connectivity index (χ3v) is 6.07. The predicted octanol–water partition coefficient (Wildman–Crippen LogP) is 2.65. The largest absolute Gasteiger partial charge is 0.392 e. The van der Waals surface area contributed by atoms with Gasteiger partial charge < -0.3 is 19.7 Å². The minimum absolute atomic E-state index is 0.0626. The molecule has 1 saturated heterocycles. The van der Waals surface area contributed by atoms with Gasteiger partial charge in [-0.3, -0.25) is 0 Å². The molecule has 4 nitrogen and oxygen atoms in total. The van der Waals surface area contributed by atoms with Gasteiger partial charge in [0.15, 0.2) is 5.79 Å². The Bertz CT molecular complexity index is 647. The van der Waals surface area contributed by atoms with Crippen LogP contribution < -0.4 is 0 Å². The zero-order valence-corrected chi connectivity index (χ0v) is 14.3. The van der Waals surface area contributed by atoms with Gasteiger partial charge in [0, 0.05) is 18.3 Å². The lowest BCUT2D eigenvalue weighted by molar-refractivity contribution is -0.275. The van der Waals surface area contributed by atoms with Gasteiger partial charge in [0.2, 0.25) is 0 Å². The molecule has 0 aromatic heterocycles. The highest BCUT2D eigenvalue weighted by molar-refractivity contribution is 5.34. The van der Waals surface area contributed by atoms with Crippen molar-refractivity contribution in [1.82, 2.24) is 0 Å². The predicted molar refractivity (Wildman–Crippen MR) is 90.4 cm³/mol.